The van der Waals surface area contributed by atoms with Gasteiger partial charge in [-0.1, -0.05) is 11.3 Å². The molecule has 106 valence electrons. The van der Waals surface area contributed by atoms with Gasteiger partial charge in [0.15, 0.2) is 11.5 Å². The molecular formula is C13H13NO5S. The SMILES string of the molecule is COc1ccc(-c2csc(=O)n2CC(=O)O)cc1OC. The molecule has 7 heteroatoms. The molecule has 0 saturated carbocycles. The van der Waals surface area contributed by atoms with Crippen LogP contribution in [0.25, 0.3) is 11.3 Å². The number of methoxy groups -OCH3 is 2. The largest absolute Gasteiger partial charge is 0.493 e. The van der Waals surface area contributed by atoms with Gasteiger partial charge in [-0.25, -0.2) is 0 Å². The van der Waals surface area contributed by atoms with E-state index in [0.29, 0.717) is 22.8 Å². The second-order valence-corrected chi connectivity index (χ2v) is 4.76. The fraction of sp³-hybridized carbons (Fsp3) is 0.231. The van der Waals surface area contributed by atoms with Crippen molar-refractivity contribution in [2.24, 2.45) is 0 Å². The molecule has 0 bridgehead atoms. The van der Waals surface area contributed by atoms with Crippen LogP contribution in [-0.4, -0.2) is 29.9 Å². The molecule has 2 aromatic rings. The molecule has 2 rings (SSSR count). The van der Waals surface area contributed by atoms with Gasteiger partial charge in [0, 0.05) is 10.9 Å². The first-order chi connectivity index (χ1) is 9.56. The van der Waals surface area contributed by atoms with E-state index in [1.54, 1.807) is 23.6 Å². The first kappa shape index (κ1) is 14.1. The van der Waals surface area contributed by atoms with Crippen LogP contribution in [0.3, 0.4) is 0 Å². The number of carboxylic acids is 1. The Hall–Kier alpha value is -2.28. The fourth-order valence-corrected chi connectivity index (χ4v) is 2.60. The quantitative estimate of drug-likeness (QED) is 0.908. The van der Waals surface area contributed by atoms with Crippen LogP contribution in [0.4, 0.5) is 0 Å². The lowest BCUT2D eigenvalue weighted by Gasteiger charge is -2.10. The van der Waals surface area contributed by atoms with Crippen molar-refractivity contribution in [2.75, 3.05) is 14.2 Å². The molecule has 0 atom stereocenters. The Morgan fingerprint density at radius 2 is 2.00 bits per heavy atom. The smallest absolute Gasteiger partial charge is 0.323 e. The van der Waals surface area contributed by atoms with Crippen molar-refractivity contribution in [1.29, 1.82) is 0 Å². The standard InChI is InChI=1S/C13H13NO5S/c1-18-10-4-3-8(5-11(10)19-2)9-7-20-13(17)14(9)6-12(15)16/h3-5,7H,6H2,1-2H3,(H,15,16). The Morgan fingerprint density at radius 1 is 1.30 bits per heavy atom. The number of hydrogen-bond acceptors (Lipinski definition) is 5. The van der Waals surface area contributed by atoms with Crippen LogP contribution in [0.2, 0.25) is 0 Å². The molecule has 0 aliphatic carbocycles. The minimum atomic E-state index is -1.06. The van der Waals surface area contributed by atoms with E-state index in [1.165, 1.54) is 18.8 Å². The number of benzene rings is 1. The number of rotatable bonds is 5. The third kappa shape index (κ3) is 2.67. The Bertz CT molecular complexity index is 688. The summed E-state index contributed by atoms with van der Waals surface area (Å²) in [5, 5.41) is 10.5. The lowest BCUT2D eigenvalue weighted by atomic mass is 10.1. The van der Waals surface area contributed by atoms with E-state index in [9.17, 15) is 9.59 Å². The van der Waals surface area contributed by atoms with Crippen molar-refractivity contribution >= 4 is 17.3 Å². The molecule has 1 N–H and O–H groups in total. The molecule has 0 amide bonds. The van der Waals surface area contributed by atoms with E-state index in [0.717, 1.165) is 11.3 Å². The van der Waals surface area contributed by atoms with Crippen molar-refractivity contribution in [2.45, 2.75) is 6.54 Å². The number of nitrogens with zero attached hydrogens (tertiary/aromatic N) is 1. The predicted molar refractivity (Wildman–Crippen MR) is 74.8 cm³/mol. The van der Waals surface area contributed by atoms with Gasteiger partial charge in [0.1, 0.15) is 6.54 Å². The maximum Gasteiger partial charge on any atom is 0.323 e. The number of aliphatic carboxylic acids is 1. The van der Waals surface area contributed by atoms with Crippen LogP contribution >= 0.6 is 11.3 Å². The van der Waals surface area contributed by atoms with Crippen molar-refractivity contribution < 1.29 is 19.4 Å². The zero-order chi connectivity index (χ0) is 14.7. The summed E-state index contributed by atoms with van der Waals surface area (Å²) in [5.74, 6) is 0.0244. The Morgan fingerprint density at radius 3 is 2.60 bits per heavy atom. The highest BCUT2D eigenvalue weighted by atomic mass is 32.1. The van der Waals surface area contributed by atoms with E-state index >= 15 is 0 Å². The first-order valence-corrected chi connectivity index (χ1v) is 6.57. The number of ether oxygens (including phenoxy) is 2. The zero-order valence-electron chi connectivity index (χ0n) is 11.0. The van der Waals surface area contributed by atoms with Crippen molar-refractivity contribution in [3.63, 3.8) is 0 Å². The lowest BCUT2D eigenvalue weighted by Crippen LogP contribution is -2.19. The third-order valence-electron chi connectivity index (χ3n) is 2.76. The van der Waals surface area contributed by atoms with E-state index in [1.807, 2.05) is 0 Å². The zero-order valence-corrected chi connectivity index (χ0v) is 11.8. The van der Waals surface area contributed by atoms with E-state index < -0.39 is 5.97 Å². The lowest BCUT2D eigenvalue weighted by molar-refractivity contribution is -0.137. The van der Waals surface area contributed by atoms with E-state index in [2.05, 4.69) is 0 Å². The molecule has 0 aliphatic rings. The minimum Gasteiger partial charge on any atom is -0.493 e. The molecule has 0 unspecified atom stereocenters. The molecule has 1 heterocycles. The summed E-state index contributed by atoms with van der Waals surface area (Å²) in [5.41, 5.74) is 1.24. The van der Waals surface area contributed by atoms with Gasteiger partial charge in [-0.15, -0.1) is 0 Å². The second kappa shape index (κ2) is 5.79. The first-order valence-electron chi connectivity index (χ1n) is 5.69. The highest BCUT2D eigenvalue weighted by Gasteiger charge is 2.14. The predicted octanol–water partition coefficient (Wildman–Crippen LogP) is 1.68. The summed E-state index contributed by atoms with van der Waals surface area (Å²) >= 11 is 0.963. The number of thiazole rings is 1. The van der Waals surface area contributed by atoms with Crippen LogP contribution in [0.15, 0.2) is 28.4 Å². The molecule has 0 fully saturated rings. The number of aromatic nitrogens is 1. The van der Waals surface area contributed by atoms with Crippen LogP contribution in [0.5, 0.6) is 11.5 Å². The fourth-order valence-electron chi connectivity index (χ4n) is 1.84. The summed E-state index contributed by atoms with van der Waals surface area (Å²) in [6, 6.07) is 5.17. The molecule has 0 radical (unpaired) electrons. The number of carbonyl (C=O) groups is 1. The van der Waals surface area contributed by atoms with Gasteiger partial charge in [0.25, 0.3) is 0 Å². The van der Waals surface area contributed by atoms with Gasteiger partial charge in [-0.3, -0.25) is 14.2 Å². The topological polar surface area (TPSA) is 77.8 Å². The Kier molecular flexibility index (Phi) is 4.09. The van der Waals surface area contributed by atoms with Crippen molar-refractivity contribution in [3.05, 3.63) is 33.2 Å². The molecule has 1 aromatic heterocycles. The molecule has 0 spiro atoms. The highest BCUT2D eigenvalue weighted by Crippen LogP contribution is 2.32. The molecule has 0 saturated heterocycles. The van der Waals surface area contributed by atoms with Gasteiger partial charge in [0.2, 0.25) is 0 Å². The van der Waals surface area contributed by atoms with Gasteiger partial charge in [-0.2, -0.15) is 0 Å². The number of carboxylic acid groups (broad SMARTS) is 1. The summed E-state index contributed by atoms with van der Waals surface area (Å²) < 4.78 is 11.6. The molecule has 0 aliphatic heterocycles. The highest BCUT2D eigenvalue weighted by molar-refractivity contribution is 7.07. The minimum absolute atomic E-state index is 0.308. The average Bonchev–Trinajstić information content (AvgIpc) is 2.79. The van der Waals surface area contributed by atoms with E-state index in [-0.39, 0.29) is 11.4 Å². The van der Waals surface area contributed by atoms with Gasteiger partial charge in [-0.05, 0) is 18.2 Å². The molecule has 6 nitrogen and oxygen atoms in total. The van der Waals surface area contributed by atoms with Gasteiger partial charge in [0.05, 0.1) is 19.9 Å². The Labute approximate surface area is 118 Å². The van der Waals surface area contributed by atoms with Crippen LogP contribution < -0.4 is 14.3 Å². The third-order valence-corrected chi connectivity index (χ3v) is 3.52. The molecule has 20 heavy (non-hydrogen) atoms. The summed E-state index contributed by atoms with van der Waals surface area (Å²) in [4.78, 5) is 22.2. The van der Waals surface area contributed by atoms with Gasteiger partial charge >= 0.3 is 10.8 Å². The number of hydrogen-bond donors (Lipinski definition) is 1. The normalized spacial score (nSPS) is 10.3. The second-order valence-electron chi connectivity index (χ2n) is 3.94. The maximum absolute atomic E-state index is 11.7. The van der Waals surface area contributed by atoms with Crippen molar-refractivity contribution in [1.82, 2.24) is 4.57 Å². The van der Waals surface area contributed by atoms with Gasteiger partial charge < -0.3 is 14.6 Å². The average molecular weight is 295 g/mol. The van der Waals surface area contributed by atoms with Crippen LogP contribution in [0, 0.1) is 0 Å². The monoisotopic (exact) mass is 295 g/mol. The van der Waals surface area contributed by atoms with Crippen molar-refractivity contribution in [3.8, 4) is 22.8 Å². The molecule has 1 aromatic carbocycles. The van der Waals surface area contributed by atoms with E-state index in [4.69, 9.17) is 14.6 Å². The summed E-state index contributed by atoms with van der Waals surface area (Å²) in [6.45, 7) is -0.369. The van der Waals surface area contributed by atoms with Crippen LogP contribution in [-0.2, 0) is 11.3 Å². The summed E-state index contributed by atoms with van der Waals surface area (Å²) in [6.07, 6.45) is 0. The van der Waals surface area contributed by atoms with Crippen LogP contribution in [0.1, 0.15) is 0 Å². The molecular weight excluding hydrogens is 282 g/mol. The summed E-state index contributed by atoms with van der Waals surface area (Å²) in [7, 11) is 3.04. The Balaban J connectivity index is 2.52. The maximum atomic E-state index is 11.7.